The van der Waals surface area contributed by atoms with Gasteiger partial charge in [-0.05, 0) is 25.0 Å². The maximum atomic E-state index is 12.7. The molecule has 0 bridgehead atoms. The van der Waals surface area contributed by atoms with E-state index < -0.39 is 0 Å². The summed E-state index contributed by atoms with van der Waals surface area (Å²) in [6, 6.07) is 7.34. The number of carbonyl (C=O) groups excluding carboxylic acids is 2. The predicted octanol–water partition coefficient (Wildman–Crippen LogP) is 1.22. The normalized spacial score (nSPS) is 17.4. The number of carbonyl (C=O) groups is 2. The lowest BCUT2D eigenvalue weighted by molar-refractivity contribution is -0.140. The molecule has 8 heteroatoms. The number of amides is 2. The van der Waals surface area contributed by atoms with Crippen molar-refractivity contribution in [2.24, 2.45) is 5.92 Å². The SMILES string of the molecule is O=C(Cn1cnc2c(oc3ccccc32)c1=O)N1CCN(C(=O)C2CC2)CC1. The van der Waals surface area contributed by atoms with Crippen LogP contribution < -0.4 is 5.56 Å². The van der Waals surface area contributed by atoms with E-state index in [1.54, 1.807) is 11.0 Å². The van der Waals surface area contributed by atoms with Gasteiger partial charge in [-0.25, -0.2) is 4.98 Å². The Morgan fingerprint density at radius 1 is 1.07 bits per heavy atom. The molecule has 5 rings (SSSR count). The molecule has 8 nitrogen and oxygen atoms in total. The van der Waals surface area contributed by atoms with E-state index in [1.807, 2.05) is 23.1 Å². The van der Waals surface area contributed by atoms with Crippen LogP contribution in [-0.2, 0) is 16.1 Å². The van der Waals surface area contributed by atoms with Crippen molar-refractivity contribution in [3.8, 4) is 0 Å². The number of aromatic nitrogens is 2. The molecular formula is C20H20N4O4. The van der Waals surface area contributed by atoms with Crippen molar-refractivity contribution in [3.05, 3.63) is 40.9 Å². The molecule has 1 saturated carbocycles. The molecule has 0 unspecified atom stereocenters. The molecule has 0 atom stereocenters. The van der Waals surface area contributed by atoms with Crippen LogP contribution in [0.1, 0.15) is 12.8 Å². The minimum Gasteiger partial charge on any atom is -0.448 e. The van der Waals surface area contributed by atoms with Gasteiger partial charge in [0.05, 0.1) is 6.33 Å². The number of benzene rings is 1. The van der Waals surface area contributed by atoms with E-state index >= 15 is 0 Å². The number of nitrogens with zero attached hydrogens (tertiary/aromatic N) is 4. The molecule has 2 aromatic heterocycles. The fraction of sp³-hybridized carbons (Fsp3) is 0.400. The number of rotatable bonds is 3. The highest BCUT2D eigenvalue weighted by atomic mass is 16.3. The lowest BCUT2D eigenvalue weighted by Gasteiger charge is -2.35. The summed E-state index contributed by atoms with van der Waals surface area (Å²) in [5, 5.41) is 0.782. The highest BCUT2D eigenvalue weighted by Crippen LogP contribution is 2.31. The first-order chi connectivity index (χ1) is 13.6. The van der Waals surface area contributed by atoms with E-state index in [-0.39, 0.29) is 35.4 Å². The lowest BCUT2D eigenvalue weighted by Crippen LogP contribution is -2.52. The van der Waals surface area contributed by atoms with Crippen molar-refractivity contribution >= 4 is 33.9 Å². The van der Waals surface area contributed by atoms with E-state index in [2.05, 4.69) is 4.98 Å². The van der Waals surface area contributed by atoms with Crippen molar-refractivity contribution in [3.63, 3.8) is 0 Å². The largest absolute Gasteiger partial charge is 0.448 e. The van der Waals surface area contributed by atoms with Gasteiger partial charge in [0.25, 0.3) is 5.56 Å². The van der Waals surface area contributed by atoms with Gasteiger partial charge in [-0.3, -0.25) is 19.0 Å². The van der Waals surface area contributed by atoms with Crippen molar-refractivity contribution in [1.29, 1.82) is 0 Å². The van der Waals surface area contributed by atoms with Crippen LogP contribution >= 0.6 is 0 Å². The van der Waals surface area contributed by atoms with E-state index in [0.717, 1.165) is 18.2 Å². The summed E-state index contributed by atoms with van der Waals surface area (Å²) in [5.41, 5.74) is 0.910. The zero-order valence-corrected chi connectivity index (χ0v) is 15.3. The molecule has 3 heterocycles. The number of para-hydroxylation sites is 1. The Morgan fingerprint density at radius 2 is 1.79 bits per heavy atom. The molecule has 3 aromatic rings. The van der Waals surface area contributed by atoms with Crippen LogP contribution in [0.5, 0.6) is 0 Å². The number of furan rings is 1. The first kappa shape index (κ1) is 17.0. The smallest absolute Gasteiger partial charge is 0.297 e. The fourth-order valence-electron chi connectivity index (χ4n) is 3.74. The van der Waals surface area contributed by atoms with Gasteiger partial charge in [-0.2, -0.15) is 0 Å². The van der Waals surface area contributed by atoms with Crippen LogP contribution in [0.2, 0.25) is 0 Å². The highest BCUT2D eigenvalue weighted by molar-refractivity contribution is 6.01. The van der Waals surface area contributed by atoms with E-state index in [1.165, 1.54) is 10.9 Å². The molecule has 2 amide bonds. The average Bonchev–Trinajstić information content (AvgIpc) is 3.50. The molecule has 144 valence electrons. The Bertz CT molecular complexity index is 1140. The molecule has 1 saturated heterocycles. The maximum absolute atomic E-state index is 12.7. The first-order valence-electron chi connectivity index (χ1n) is 9.55. The van der Waals surface area contributed by atoms with E-state index in [0.29, 0.717) is 37.3 Å². The third-order valence-electron chi connectivity index (χ3n) is 5.53. The Kier molecular flexibility index (Phi) is 3.92. The van der Waals surface area contributed by atoms with Crippen LogP contribution in [0.15, 0.2) is 39.8 Å². The van der Waals surface area contributed by atoms with E-state index in [9.17, 15) is 14.4 Å². The van der Waals surface area contributed by atoms with Gasteiger partial charge in [-0.15, -0.1) is 0 Å². The summed E-state index contributed by atoms with van der Waals surface area (Å²) in [6.45, 7) is 2.00. The topological polar surface area (TPSA) is 88.6 Å². The molecule has 1 aliphatic heterocycles. The minimum atomic E-state index is -0.364. The molecule has 1 aliphatic carbocycles. The average molecular weight is 380 g/mol. The van der Waals surface area contributed by atoms with E-state index in [4.69, 9.17) is 4.42 Å². The molecule has 2 fully saturated rings. The monoisotopic (exact) mass is 380 g/mol. The number of piperazine rings is 1. The second kappa shape index (κ2) is 6.47. The molecule has 0 radical (unpaired) electrons. The summed E-state index contributed by atoms with van der Waals surface area (Å²) >= 11 is 0. The van der Waals surface area contributed by atoms with Crippen LogP contribution in [0.3, 0.4) is 0 Å². The zero-order valence-electron chi connectivity index (χ0n) is 15.3. The van der Waals surface area contributed by atoms with Crippen LogP contribution in [0, 0.1) is 5.92 Å². The summed E-state index contributed by atoms with van der Waals surface area (Å²) < 4.78 is 6.94. The quantitative estimate of drug-likeness (QED) is 0.682. The van der Waals surface area contributed by atoms with Gasteiger partial charge in [-0.1, -0.05) is 12.1 Å². The Morgan fingerprint density at radius 3 is 2.54 bits per heavy atom. The van der Waals surface area contributed by atoms with Gasteiger partial charge in [0, 0.05) is 37.5 Å². The second-order valence-electron chi connectivity index (χ2n) is 7.43. The number of hydrogen-bond donors (Lipinski definition) is 0. The van der Waals surface area contributed by atoms with Gasteiger partial charge in [0.15, 0.2) is 0 Å². The Hall–Kier alpha value is -3.16. The highest BCUT2D eigenvalue weighted by Gasteiger charge is 2.35. The lowest BCUT2D eigenvalue weighted by atomic mass is 10.2. The molecule has 28 heavy (non-hydrogen) atoms. The third kappa shape index (κ3) is 2.85. The molecule has 0 spiro atoms. The minimum absolute atomic E-state index is 0.0879. The maximum Gasteiger partial charge on any atom is 0.297 e. The van der Waals surface area contributed by atoms with Gasteiger partial charge >= 0.3 is 0 Å². The second-order valence-corrected chi connectivity index (χ2v) is 7.43. The Labute approximate surface area is 160 Å². The van der Waals surface area contributed by atoms with Gasteiger partial charge < -0.3 is 14.2 Å². The Balaban J connectivity index is 1.32. The van der Waals surface area contributed by atoms with Crippen LogP contribution in [0.25, 0.3) is 22.1 Å². The molecule has 2 aliphatic rings. The summed E-state index contributed by atoms with van der Waals surface area (Å²) in [6.07, 6.45) is 3.37. The van der Waals surface area contributed by atoms with Crippen molar-refractivity contribution < 1.29 is 14.0 Å². The standard InChI is InChI=1S/C20H20N4O4/c25-16(22-7-9-23(10-8-22)19(26)13-5-6-13)11-24-12-21-17-14-3-1-2-4-15(14)28-18(17)20(24)27/h1-4,12-13H,5-11H2. The molecular weight excluding hydrogens is 360 g/mol. The molecule has 0 N–H and O–H groups in total. The van der Waals surface area contributed by atoms with Gasteiger partial charge in [0.2, 0.25) is 17.4 Å². The molecule has 1 aromatic carbocycles. The van der Waals surface area contributed by atoms with Crippen molar-refractivity contribution in [2.75, 3.05) is 26.2 Å². The number of fused-ring (bicyclic) bond motifs is 3. The summed E-state index contributed by atoms with van der Waals surface area (Å²) in [7, 11) is 0. The van der Waals surface area contributed by atoms with Crippen LogP contribution in [-0.4, -0.2) is 57.3 Å². The third-order valence-corrected chi connectivity index (χ3v) is 5.53. The van der Waals surface area contributed by atoms with Crippen LogP contribution in [0.4, 0.5) is 0 Å². The zero-order chi connectivity index (χ0) is 19.3. The van der Waals surface area contributed by atoms with Crippen molar-refractivity contribution in [1.82, 2.24) is 19.4 Å². The summed E-state index contributed by atoms with van der Waals surface area (Å²) in [4.78, 5) is 45.4. The predicted molar refractivity (Wildman–Crippen MR) is 102 cm³/mol. The summed E-state index contributed by atoms with van der Waals surface area (Å²) in [5.74, 6) is 0.253. The fourth-order valence-corrected chi connectivity index (χ4v) is 3.74. The van der Waals surface area contributed by atoms with Crippen molar-refractivity contribution in [2.45, 2.75) is 19.4 Å². The first-order valence-corrected chi connectivity index (χ1v) is 9.55. The van der Waals surface area contributed by atoms with Gasteiger partial charge in [0.1, 0.15) is 17.6 Å². The number of hydrogen-bond acceptors (Lipinski definition) is 5.